The number of ether oxygens (including phenoxy) is 1. The number of nitrogens with one attached hydrogen (secondary N) is 1. The van der Waals surface area contributed by atoms with E-state index in [1.807, 2.05) is 0 Å². The molecular weight excluding hydrogens is 240 g/mol. The van der Waals surface area contributed by atoms with Gasteiger partial charge in [0.15, 0.2) is 0 Å². The van der Waals surface area contributed by atoms with Crippen LogP contribution < -0.4 is 11.1 Å². The predicted octanol–water partition coefficient (Wildman–Crippen LogP) is 2.18. The molecule has 0 saturated heterocycles. The monoisotopic (exact) mass is 272 g/mol. The molecular formula is C15H32N2O2. The highest BCUT2D eigenvalue weighted by Gasteiger charge is 2.13. The van der Waals surface area contributed by atoms with Crippen LogP contribution in [0.2, 0.25) is 0 Å². The molecule has 0 aliphatic carbocycles. The van der Waals surface area contributed by atoms with Gasteiger partial charge in [-0.15, -0.1) is 0 Å². The van der Waals surface area contributed by atoms with Gasteiger partial charge >= 0.3 is 0 Å². The Morgan fingerprint density at radius 2 is 1.84 bits per heavy atom. The van der Waals surface area contributed by atoms with Crippen LogP contribution >= 0.6 is 0 Å². The van der Waals surface area contributed by atoms with Crippen molar-refractivity contribution in [3.8, 4) is 0 Å². The Balaban J connectivity index is 3.57. The first-order chi connectivity index (χ1) is 8.95. The minimum absolute atomic E-state index is 0.0866. The van der Waals surface area contributed by atoms with Crippen LogP contribution in [0.25, 0.3) is 0 Å². The third-order valence-electron chi connectivity index (χ3n) is 3.02. The maximum absolute atomic E-state index is 11.7. The minimum Gasteiger partial charge on any atom is -0.380 e. The summed E-state index contributed by atoms with van der Waals surface area (Å²) in [4.78, 5) is 11.7. The molecule has 3 N–H and O–H groups in total. The molecule has 0 aliphatic heterocycles. The molecule has 19 heavy (non-hydrogen) atoms. The largest absolute Gasteiger partial charge is 0.380 e. The van der Waals surface area contributed by atoms with Crippen LogP contribution in [0, 0.1) is 17.8 Å². The molecule has 0 aromatic heterocycles. The summed E-state index contributed by atoms with van der Waals surface area (Å²) in [5.74, 6) is 1.63. The molecule has 0 spiro atoms. The zero-order chi connectivity index (χ0) is 14.7. The zero-order valence-electron chi connectivity index (χ0n) is 13.1. The molecule has 4 heteroatoms. The van der Waals surface area contributed by atoms with E-state index in [0.717, 1.165) is 19.4 Å². The second kappa shape index (κ2) is 11.2. The second-order valence-electron chi connectivity index (χ2n) is 6.08. The van der Waals surface area contributed by atoms with Gasteiger partial charge in [-0.05, 0) is 37.1 Å². The molecule has 0 heterocycles. The van der Waals surface area contributed by atoms with E-state index in [4.69, 9.17) is 10.5 Å². The van der Waals surface area contributed by atoms with E-state index in [-0.39, 0.29) is 5.91 Å². The van der Waals surface area contributed by atoms with Gasteiger partial charge in [0, 0.05) is 19.6 Å². The number of hydrogen-bond donors (Lipinski definition) is 2. The number of rotatable bonds is 11. The first-order valence-electron chi connectivity index (χ1n) is 7.50. The fourth-order valence-electron chi connectivity index (χ4n) is 1.95. The van der Waals surface area contributed by atoms with Crippen LogP contribution in [-0.2, 0) is 9.53 Å². The summed E-state index contributed by atoms with van der Waals surface area (Å²) in [5.41, 5.74) is 5.69. The van der Waals surface area contributed by atoms with E-state index < -0.39 is 0 Å². The summed E-state index contributed by atoms with van der Waals surface area (Å²) >= 11 is 0. The van der Waals surface area contributed by atoms with Crippen molar-refractivity contribution < 1.29 is 9.53 Å². The van der Waals surface area contributed by atoms with Crippen molar-refractivity contribution in [2.75, 3.05) is 26.3 Å². The maximum Gasteiger partial charge on any atom is 0.220 e. The minimum atomic E-state index is 0.0866. The molecule has 0 bridgehead atoms. The first-order valence-corrected chi connectivity index (χ1v) is 7.50. The van der Waals surface area contributed by atoms with Crippen molar-refractivity contribution in [3.05, 3.63) is 0 Å². The fraction of sp³-hybridized carbons (Fsp3) is 0.933. The van der Waals surface area contributed by atoms with Crippen molar-refractivity contribution in [3.63, 3.8) is 0 Å². The lowest BCUT2D eigenvalue weighted by Crippen LogP contribution is -2.31. The van der Waals surface area contributed by atoms with Crippen molar-refractivity contribution >= 4 is 5.91 Å². The van der Waals surface area contributed by atoms with Crippen LogP contribution in [-0.4, -0.2) is 32.2 Å². The van der Waals surface area contributed by atoms with Crippen molar-refractivity contribution in [1.29, 1.82) is 0 Å². The number of amides is 1. The molecule has 0 aromatic carbocycles. The molecule has 4 nitrogen and oxygen atoms in total. The Bertz CT molecular complexity index is 230. The van der Waals surface area contributed by atoms with E-state index in [1.165, 1.54) is 0 Å². The lowest BCUT2D eigenvalue weighted by molar-refractivity contribution is -0.122. The average molecular weight is 272 g/mol. The van der Waals surface area contributed by atoms with Gasteiger partial charge in [0.05, 0.1) is 6.61 Å². The maximum atomic E-state index is 11.7. The summed E-state index contributed by atoms with van der Waals surface area (Å²) in [6, 6.07) is 0. The smallest absolute Gasteiger partial charge is 0.220 e. The van der Waals surface area contributed by atoms with Crippen LogP contribution in [0.4, 0.5) is 0 Å². The standard InChI is InChI=1S/C15H32N2O2/c1-12(2)5-7-19-8-6-17-15(18)10-14(11-16)9-13(3)4/h12-14H,5-11,16H2,1-4H3,(H,17,18)/t14-/m0/s1. The topological polar surface area (TPSA) is 64.3 Å². The van der Waals surface area contributed by atoms with Gasteiger partial charge in [-0.1, -0.05) is 27.7 Å². The molecule has 114 valence electrons. The fourth-order valence-corrected chi connectivity index (χ4v) is 1.95. The summed E-state index contributed by atoms with van der Waals surface area (Å²) in [5, 5.41) is 2.89. The van der Waals surface area contributed by atoms with Crippen LogP contribution in [0.5, 0.6) is 0 Å². The Labute approximate surface area is 118 Å². The van der Waals surface area contributed by atoms with Gasteiger partial charge in [-0.2, -0.15) is 0 Å². The molecule has 0 aliphatic rings. The van der Waals surface area contributed by atoms with E-state index in [1.54, 1.807) is 0 Å². The molecule has 0 aromatic rings. The second-order valence-corrected chi connectivity index (χ2v) is 6.08. The van der Waals surface area contributed by atoms with Gasteiger partial charge in [-0.25, -0.2) is 0 Å². The van der Waals surface area contributed by atoms with E-state index in [9.17, 15) is 4.79 Å². The van der Waals surface area contributed by atoms with Gasteiger partial charge in [0.2, 0.25) is 5.91 Å². The van der Waals surface area contributed by atoms with Crippen LogP contribution in [0.15, 0.2) is 0 Å². The molecule has 0 radical (unpaired) electrons. The van der Waals surface area contributed by atoms with E-state index >= 15 is 0 Å². The summed E-state index contributed by atoms with van der Waals surface area (Å²) < 4.78 is 5.45. The molecule has 1 atom stereocenters. The van der Waals surface area contributed by atoms with E-state index in [2.05, 4.69) is 33.0 Å². The lowest BCUT2D eigenvalue weighted by atomic mass is 9.94. The van der Waals surface area contributed by atoms with Crippen molar-refractivity contribution in [2.45, 2.75) is 47.0 Å². The third kappa shape index (κ3) is 12.2. The van der Waals surface area contributed by atoms with Crippen LogP contribution in [0.3, 0.4) is 0 Å². The number of hydrogen-bond acceptors (Lipinski definition) is 3. The normalized spacial score (nSPS) is 13.0. The van der Waals surface area contributed by atoms with Gasteiger partial charge in [0.25, 0.3) is 0 Å². The molecule has 0 rings (SSSR count). The Morgan fingerprint density at radius 1 is 1.16 bits per heavy atom. The summed E-state index contributed by atoms with van der Waals surface area (Å²) in [6.45, 7) is 11.2. The predicted molar refractivity (Wildman–Crippen MR) is 79.9 cm³/mol. The van der Waals surface area contributed by atoms with E-state index in [0.29, 0.717) is 43.9 Å². The van der Waals surface area contributed by atoms with Crippen molar-refractivity contribution in [1.82, 2.24) is 5.32 Å². The Morgan fingerprint density at radius 3 is 2.37 bits per heavy atom. The number of carbonyl (C=O) groups is 1. The van der Waals surface area contributed by atoms with Gasteiger partial charge in [-0.3, -0.25) is 4.79 Å². The summed E-state index contributed by atoms with van der Waals surface area (Å²) in [7, 11) is 0. The first kappa shape index (κ1) is 18.4. The molecule has 0 saturated carbocycles. The van der Waals surface area contributed by atoms with Gasteiger partial charge in [0.1, 0.15) is 0 Å². The Hall–Kier alpha value is -0.610. The highest BCUT2D eigenvalue weighted by Crippen LogP contribution is 2.13. The number of carbonyl (C=O) groups excluding carboxylic acids is 1. The molecule has 1 amide bonds. The SMILES string of the molecule is CC(C)CCOCCNC(=O)C[C@@H](CN)CC(C)C. The third-order valence-corrected chi connectivity index (χ3v) is 3.02. The number of nitrogens with two attached hydrogens (primary N) is 1. The quantitative estimate of drug-likeness (QED) is 0.567. The highest BCUT2D eigenvalue weighted by atomic mass is 16.5. The summed E-state index contributed by atoms with van der Waals surface area (Å²) in [6.07, 6.45) is 2.60. The lowest BCUT2D eigenvalue weighted by Gasteiger charge is -2.16. The Kier molecular flexibility index (Phi) is 10.9. The molecule has 0 unspecified atom stereocenters. The average Bonchev–Trinajstić information content (AvgIpc) is 2.31. The van der Waals surface area contributed by atoms with Crippen LogP contribution in [0.1, 0.15) is 47.0 Å². The van der Waals surface area contributed by atoms with Gasteiger partial charge < -0.3 is 15.8 Å². The molecule has 0 fully saturated rings. The highest BCUT2D eigenvalue weighted by molar-refractivity contribution is 5.76. The van der Waals surface area contributed by atoms with Crippen molar-refractivity contribution in [2.24, 2.45) is 23.5 Å². The zero-order valence-corrected chi connectivity index (χ0v) is 13.1.